The summed E-state index contributed by atoms with van der Waals surface area (Å²) in [5.74, 6) is -0.133. The fraction of sp³-hybridized carbons (Fsp3) is 0.154. The van der Waals surface area contributed by atoms with Crippen LogP contribution in [0.15, 0.2) is 66.4 Å². The van der Waals surface area contributed by atoms with Crippen molar-refractivity contribution in [3.8, 4) is 5.75 Å². The molecule has 0 fully saturated rings. The smallest absolute Gasteiger partial charge is 0.282 e. The first-order valence-electron chi connectivity index (χ1n) is 10.2. The van der Waals surface area contributed by atoms with Crippen LogP contribution >= 0.6 is 11.6 Å². The van der Waals surface area contributed by atoms with Gasteiger partial charge in [0.25, 0.3) is 11.8 Å². The third kappa shape index (κ3) is 3.76. The van der Waals surface area contributed by atoms with Crippen LogP contribution in [0.5, 0.6) is 5.75 Å². The quantitative estimate of drug-likeness (QED) is 0.513. The molecule has 0 unspecified atom stereocenters. The van der Waals surface area contributed by atoms with Crippen LogP contribution in [0.1, 0.15) is 22.3 Å². The van der Waals surface area contributed by atoms with Gasteiger partial charge in [0.05, 0.1) is 18.4 Å². The first-order chi connectivity index (χ1) is 15.3. The minimum atomic E-state index is -0.413. The second-order valence-electron chi connectivity index (χ2n) is 7.73. The molecule has 4 rings (SSSR count). The number of methoxy groups -OCH3 is 1. The van der Waals surface area contributed by atoms with Crippen molar-refractivity contribution in [2.75, 3.05) is 17.3 Å². The normalized spacial score (nSPS) is 13.7. The van der Waals surface area contributed by atoms with Crippen LogP contribution in [-0.4, -0.2) is 18.9 Å². The largest absolute Gasteiger partial charge is 0.497 e. The Labute approximate surface area is 192 Å². The number of carbonyl (C=O) groups excluding carboxylic acids is 2. The number of halogens is 1. The van der Waals surface area contributed by atoms with E-state index in [0.717, 1.165) is 16.7 Å². The number of aryl methyl sites for hydroxylation is 2. The van der Waals surface area contributed by atoms with Gasteiger partial charge in [-0.25, -0.2) is 4.90 Å². The Kier molecular flexibility index (Phi) is 5.76. The molecule has 0 spiro atoms. The summed E-state index contributed by atoms with van der Waals surface area (Å²) in [7, 11) is 1.58. The first-order valence-corrected chi connectivity index (χ1v) is 10.6. The van der Waals surface area contributed by atoms with Gasteiger partial charge in [-0.1, -0.05) is 35.9 Å². The van der Waals surface area contributed by atoms with Crippen LogP contribution in [-0.2, 0) is 9.59 Å². The van der Waals surface area contributed by atoms with E-state index in [1.165, 1.54) is 4.90 Å². The topological polar surface area (TPSA) is 58.6 Å². The Hall–Kier alpha value is -3.57. The van der Waals surface area contributed by atoms with Crippen molar-refractivity contribution < 1.29 is 14.3 Å². The standard InChI is InChI=1S/C26H23ClN2O3/c1-15-8-11-19(14-16(15)2)29-25(30)23(18-9-12-20(32-4)13-10-18)24(26(29)31)28-22-7-5-6-21(27)17(22)3/h5-14,28H,1-4H3. The number of benzene rings is 3. The highest BCUT2D eigenvalue weighted by molar-refractivity contribution is 6.46. The molecule has 0 saturated heterocycles. The molecule has 5 nitrogen and oxygen atoms in total. The van der Waals surface area contributed by atoms with Crippen molar-refractivity contribution in [2.24, 2.45) is 0 Å². The Balaban J connectivity index is 1.85. The van der Waals surface area contributed by atoms with Gasteiger partial charge in [-0.3, -0.25) is 9.59 Å². The van der Waals surface area contributed by atoms with Crippen molar-refractivity contribution in [1.29, 1.82) is 0 Å². The van der Waals surface area contributed by atoms with Crippen LogP contribution in [0.3, 0.4) is 0 Å². The van der Waals surface area contributed by atoms with Crippen molar-refractivity contribution >= 4 is 40.4 Å². The van der Waals surface area contributed by atoms with E-state index in [1.807, 2.05) is 39.0 Å². The van der Waals surface area contributed by atoms with E-state index in [4.69, 9.17) is 16.3 Å². The van der Waals surface area contributed by atoms with Gasteiger partial charge < -0.3 is 10.1 Å². The summed E-state index contributed by atoms with van der Waals surface area (Å²) in [4.78, 5) is 28.3. The van der Waals surface area contributed by atoms with Gasteiger partial charge in [0, 0.05) is 10.7 Å². The number of carbonyl (C=O) groups is 2. The Bertz CT molecular complexity index is 1260. The van der Waals surface area contributed by atoms with Crippen LogP contribution < -0.4 is 15.0 Å². The van der Waals surface area contributed by atoms with E-state index in [0.29, 0.717) is 33.3 Å². The SMILES string of the molecule is COc1ccc(C2=C(Nc3cccc(Cl)c3C)C(=O)N(c3ccc(C)c(C)c3)C2=O)cc1. The fourth-order valence-corrected chi connectivity index (χ4v) is 3.82. The van der Waals surface area contributed by atoms with Crippen LogP contribution in [0.25, 0.3) is 5.57 Å². The van der Waals surface area contributed by atoms with Gasteiger partial charge >= 0.3 is 0 Å². The summed E-state index contributed by atoms with van der Waals surface area (Å²) >= 11 is 6.28. The molecule has 1 aliphatic rings. The van der Waals surface area contributed by atoms with E-state index < -0.39 is 5.91 Å². The summed E-state index contributed by atoms with van der Waals surface area (Å²) in [6.45, 7) is 5.81. The number of rotatable bonds is 5. The number of hydrogen-bond donors (Lipinski definition) is 1. The minimum Gasteiger partial charge on any atom is -0.497 e. The Morgan fingerprint density at radius 2 is 1.59 bits per heavy atom. The van der Waals surface area contributed by atoms with Crippen molar-refractivity contribution in [3.05, 3.63) is 93.6 Å². The van der Waals surface area contributed by atoms with Gasteiger partial charge in [0.2, 0.25) is 0 Å². The lowest BCUT2D eigenvalue weighted by Crippen LogP contribution is -2.32. The highest BCUT2D eigenvalue weighted by Gasteiger charge is 2.40. The van der Waals surface area contributed by atoms with Crippen molar-refractivity contribution in [2.45, 2.75) is 20.8 Å². The first kappa shape index (κ1) is 21.7. The summed E-state index contributed by atoms with van der Waals surface area (Å²) in [6.07, 6.45) is 0. The van der Waals surface area contributed by atoms with E-state index in [2.05, 4.69) is 5.32 Å². The minimum absolute atomic E-state index is 0.212. The molecule has 2 amide bonds. The lowest BCUT2D eigenvalue weighted by atomic mass is 10.0. The average molecular weight is 447 g/mol. The lowest BCUT2D eigenvalue weighted by Gasteiger charge is -2.17. The number of ether oxygens (including phenoxy) is 1. The zero-order chi connectivity index (χ0) is 23.0. The molecule has 0 aliphatic carbocycles. The van der Waals surface area contributed by atoms with Gasteiger partial charge in [-0.2, -0.15) is 0 Å². The molecule has 162 valence electrons. The fourth-order valence-electron chi connectivity index (χ4n) is 3.65. The maximum Gasteiger partial charge on any atom is 0.282 e. The molecule has 32 heavy (non-hydrogen) atoms. The number of amides is 2. The molecule has 0 bridgehead atoms. The highest BCUT2D eigenvalue weighted by atomic mass is 35.5. The van der Waals surface area contributed by atoms with E-state index in [9.17, 15) is 9.59 Å². The predicted octanol–water partition coefficient (Wildman–Crippen LogP) is 5.67. The molecule has 1 N–H and O–H groups in total. The second-order valence-corrected chi connectivity index (χ2v) is 8.14. The maximum absolute atomic E-state index is 13.6. The van der Waals surface area contributed by atoms with Gasteiger partial charge in [0.15, 0.2) is 0 Å². The third-order valence-corrected chi connectivity index (χ3v) is 6.15. The zero-order valence-electron chi connectivity index (χ0n) is 18.3. The number of nitrogens with zero attached hydrogens (tertiary/aromatic N) is 1. The molecule has 0 radical (unpaired) electrons. The van der Waals surface area contributed by atoms with Crippen molar-refractivity contribution in [1.82, 2.24) is 0 Å². The van der Waals surface area contributed by atoms with Crippen LogP contribution in [0.4, 0.5) is 11.4 Å². The number of hydrogen-bond acceptors (Lipinski definition) is 4. The molecule has 6 heteroatoms. The van der Waals surface area contributed by atoms with E-state index in [1.54, 1.807) is 49.6 Å². The molecular weight excluding hydrogens is 424 g/mol. The number of anilines is 2. The Morgan fingerprint density at radius 1 is 0.875 bits per heavy atom. The summed E-state index contributed by atoms with van der Waals surface area (Å²) in [5.41, 5.74) is 5.22. The molecule has 3 aromatic carbocycles. The molecule has 0 atom stereocenters. The van der Waals surface area contributed by atoms with E-state index in [-0.39, 0.29) is 11.6 Å². The van der Waals surface area contributed by atoms with Gasteiger partial charge in [0.1, 0.15) is 11.4 Å². The molecule has 0 saturated carbocycles. The predicted molar refractivity (Wildman–Crippen MR) is 128 cm³/mol. The van der Waals surface area contributed by atoms with E-state index >= 15 is 0 Å². The molecule has 3 aromatic rings. The maximum atomic E-state index is 13.6. The lowest BCUT2D eigenvalue weighted by molar-refractivity contribution is -0.120. The molecule has 1 heterocycles. The summed E-state index contributed by atoms with van der Waals surface area (Å²) in [6, 6.07) is 18.0. The Morgan fingerprint density at radius 3 is 2.25 bits per heavy atom. The molecule has 0 aromatic heterocycles. The zero-order valence-corrected chi connectivity index (χ0v) is 19.1. The monoisotopic (exact) mass is 446 g/mol. The summed E-state index contributed by atoms with van der Waals surface area (Å²) in [5, 5.41) is 3.76. The molecule has 1 aliphatic heterocycles. The summed E-state index contributed by atoms with van der Waals surface area (Å²) < 4.78 is 5.24. The van der Waals surface area contributed by atoms with Gasteiger partial charge in [-0.15, -0.1) is 0 Å². The van der Waals surface area contributed by atoms with Crippen molar-refractivity contribution in [3.63, 3.8) is 0 Å². The molecular formula is C26H23ClN2O3. The number of imide groups is 1. The van der Waals surface area contributed by atoms with Gasteiger partial charge in [-0.05, 0) is 79.4 Å². The van der Waals surface area contributed by atoms with Crippen LogP contribution in [0.2, 0.25) is 5.02 Å². The highest BCUT2D eigenvalue weighted by Crippen LogP contribution is 2.36. The third-order valence-electron chi connectivity index (χ3n) is 5.74. The average Bonchev–Trinajstić information content (AvgIpc) is 3.03. The number of nitrogens with one attached hydrogen (secondary N) is 1. The van der Waals surface area contributed by atoms with Crippen LogP contribution in [0, 0.1) is 20.8 Å². The second kappa shape index (κ2) is 8.52.